The molecule has 0 radical (unpaired) electrons. The maximum absolute atomic E-state index is 12.0. The monoisotopic (exact) mass is 272 g/mol. The molecule has 0 aliphatic rings. The molecule has 19 heavy (non-hydrogen) atoms. The summed E-state index contributed by atoms with van der Waals surface area (Å²) >= 11 is 0. The zero-order valence-corrected chi connectivity index (χ0v) is 12.3. The summed E-state index contributed by atoms with van der Waals surface area (Å²) in [5.41, 5.74) is -0.523. The Labute approximate surface area is 114 Å². The number of hydrogen-bond donors (Lipinski definition) is 2. The van der Waals surface area contributed by atoms with Gasteiger partial charge in [-0.05, 0) is 12.3 Å². The summed E-state index contributed by atoms with van der Waals surface area (Å²) in [6, 6.07) is 0. The van der Waals surface area contributed by atoms with Crippen LogP contribution >= 0.6 is 0 Å². The Morgan fingerprint density at radius 1 is 1.11 bits per heavy atom. The van der Waals surface area contributed by atoms with Gasteiger partial charge in [0.25, 0.3) is 0 Å². The highest BCUT2D eigenvalue weighted by Gasteiger charge is 2.38. The van der Waals surface area contributed by atoms with Gasteiger partial charge in [0.15, 0.2) is 0 Å². The quantitative estimate of drug-likeness (QED) is 0.418. The van der Waals surface area contributed by atoms with Gasteiger partial charge in [0.05, 0.1) is 6.61 Å². The number of carbonyl (C=O) groups excluding carboxylic acids is 3. The van der Waals surface area contributed by atoms with Gasteiger partial charge < -0.3 is 15.4 Å². The molecule has 110 valence electrons. The van der Waals surface area contributed by atoms with Crippen LogP contribution in [0.1, 0.15) is 34.6 Å². The first-order valence-corrected chi connectivity index (χ1v) is 6.39. The fourth-order valence-electron chi connectivity index (χ4n) is 1.61. The molecule has 0 spiro atoms. The van der Waals surface area contributed by atoms with E-state index < -0.39 is 17.3 Å². The van der Waals surface area contributed by atoms with Gasteiger partial charge in [0.2, 0.25) is 11.8 Å². The lowest BCUT2D eigenvalue weighted by atomic mass is 9.80. The number of carbonyl (C=O) groups is 3. The van der Waals surface area contributed by atoms with Gasteiger partial charge in [0, 0.05) is 20.0 Å². The van der Waals surface area contributed by atoms with E-state index in [1.165, 1.54) is 6.92 Å². The lowest BCUT2D eigenvalue weighted by Crippen LogP contribution is -2.45. The number of ether oxygens (including phenoxy) is 1. The molecule has 2 N–H and O–H groups in total. The second-order valence-electron chi connectivity index (χ2n) is 5.33. The van der Waals surface area contributed by atoms with E-state index in [9.17, 15) is 14.4 Å². The van der Waals surface area contributed by atoms with E-state index in [2.05, 4.69) is 10.6 Å². The minimum atomic E-state index is -0.857. The van der Waals surface area contributed by atoms with Crippen molar-refractivity contribution >= 4 is 17.8 Å². The first-order valence-electron chi connectivity index (χ1n) is 6.39. The van der Waals surface area contributed by atoms with Crippen molar-refractivity contribution in [2.45, 2.75) is 34.6 Å². The molecule has 0 aliphatic carbocycles. The molecule has 6 heteroatoms. The highest BCUT2D eigenvalue weighted by Crippen LogP contribution is 2.27. The zero-order valence-electron chi connectivity index (χ0n) is 12.3. The summed E-state index contributed by atoms with van der Waals surface area (Å²) in [5, 5.41) is 5.19. The number of esters is 1. The number of nitrogens with one attached hydrogen (secondary N) is 2. The summed E-state index contributed by atoms with van der Waals surface area (Å²) in [6.07, 6.45) is 0. The van der Waals surface area contributed by atoms with E-state index in [4.69, 9.17) is 4.74 Å². The summed E-state index contributed by atoms with van der Waals surface area (Å²) in [7, 11) is 0. The molecule has 6 nitrogen and oxygen atoms in total. The smallest absolute Gasteiger partial charge is 0.319 e. The SMILES string of the molecule is CCOC(=O)C(C(=O)NCCNC(C)=O)C(C)(C)C. The first-order chi connectivity index (χ1) is 8.70. The maximum Gasteiger partial charge on any atom is 0.319 e. The Hall–Kier alpha value is -1.59. The Morgan fingerprint density at radius 3 is 2.05 bits per heavy atom. The Balaban J connectivity index is 4.48. The average Bonchev–Trinajstić information content (AvgIpc) is 2.22. The second-order valence-corrected chi connectivity index (χ2v) is 5.33. The van der Waals surface area contributed by atoms with Crippen LogP contribution in [0.4, 0.5) is 0 Å². The van der Waals surface area contributed by atoms with Crippen molar-refractivity contribution < 1.29 is 19.1 Å². The average molecular weight is 272 g/mol. The Bertz CT molecular complexity index is 334. The van der Waals surface area contributed by atoms with Crippen LogP contribution in [-0.4, -0.2) is 37.5 Å². The first kappa shape index (κ1) is 17.4. The predicted octanol–water partition coefficient (Wildman–Crippen LogP) is 0.464. The van der Waals surface area contributed by atoms with Crippen molar-refractivity contribution in [3.63, 3.8) is 0 Å². The van der Waals surface area contributed by atoms with Crippen LogP contribution in [0.15, 0.2) is 0 Å². The van der Waals surface area contributed by atoms with E-state index in [-0.39, 0.29) is 25.0 Å². The normalized spacial score (nSPS) is 12.5. The molecule has 0 heterocycles. The summed E-state index contributed by atoms with van der Waals surface area (Å²) in [6.45, 7) is 9.38. The largest absolute Gasteiger partial charge is 0.465 e. The maximum atomic E-state index is 12.0. The molecule has 2 amide bonds. The lowest BCUT2D eigenvalue weighted by molar-refractivity contribution is -0.156. The van der Waals surface area contributed by atoms with Crippen LogP contribution in [-0.2, 0) is 19.1 Å². The summed E-state index contributed by atoms with van der Waals surface area (Å²) in [4.78, 5) is 34.5. The standard InChI is InChI=1S/C13H24N2O4/c1-6-19-12(18)10(13(3,4)5)11(17)15-8-7-14-9(2)16/h10H,6-8H2,1-5H3,(H,14,16)(H,15,17). The van der Waals surface area contributed by atoms with E-state index in [1.54, 1.807) is 6.92 Å². The van der Waals surface area contributed by atoms with E-state index in [1.807, 2.05) is 20.8 Å². The molecular weight excluding hydrogens is 248 g/mol. The zero-order chi connectivity index (χ0) is 15.1. The van der Waals surface area contributed by atoms with Gasteiger partial charge in [-0.2, -0.15) is 0 Å². The number of hydrogen-bond acceptors (Lipinski definition) is 4. The van der Waals surface area contributed by atoms with Crippen molar-refractivity contribution in [3.05, 3.63) is 0 Å². The molecule has 0 saturated heterocycles. The van der Waals surface area contributed by atoms with Gasteiger partial charge in [-0.1, -0.05) is 20.8 Å². The molecule has 0 aromatic heterocycles. The summed E-state index contributed by atoms with van der Waals surface area (Å²) in [5.74, 6) is -1.92. The van der Waals surface area contributed by atoms with Crippen LogP contribution in [0.3, 0.4) is 0 Å². The number of amides is 2. The van der Waals surface area contributed by atoms with E-state index >= 15 is 0 Å². The van der Waals surface area contributed by atoms with Gasteiger partial charge in [0.1, 0.15) is 5.92 Å². The molecule has 0 saturated carbocycles. The molecule has 0 aliphatic heterocycles. The number of rotatable bonds is 6. The molecule has 0 rings (SSSR count). The van der Waals surface area contributed by atoms with Gasteiger partial charge in [-0.15, -0.1) is 0 Å². The van der Waals surface area contributed by atoms with Crippen molar-refractivity contribution in [1.29, 1.82) is 0 Å². The minimum Gasteiger partial charge on any atom is -0.465 e. The van der Waals surface area contributed by atoms with Crippen molar-refractivity contribution in [1.82, 2.24) is 10.6 Å². The van der Waals surface area contributed by atoms with Crippen LogP contribution in [0.2, 0.25) is 0 Å². The van der Waals surface area contributed by atoms with Gasteiger partial charge in [-0.25, -0.2) is 0 Å². The Morgan fingerprint density at radius 2 is 1.63 bits per heavy atom. The van der Waals surface area contributed by atoms with Crippen molar-refractivity contribution in [2.24, 2.45) is 11.3 Å². The van der Waals surface area contributed by atoms with E-state index in [0.717, 1.165) is 0 Å². The molecule has 0 fully saturated rings. The second kappa shape index (κ2) is 7.76. The molecule has 1 unspecified atom stereocenters. The van der Waals surface area contributed by atoms with Crippen LogP contribution < -0.4 is 10.6 Å². The lowest BCUT2D eigenvalue weighted by Gasteiger charge is -2.27. The third-order valence-corrected chi connectivity index (χ3v) is 2.45. The minimum absolute atomic E-state index is 0.160. The highest BCUT2D eigenvalue weighted by atomic mass is 16.5. The summed E-state index contributed by atoms with van der Waals surface area (Å²) < 4.78 is 4.93. The molecule has 0 aromatic rings. The van der Waals surface area contributed by atoms with Crippen molar-refractivity contribution in [2.75, 3.05) is 19.7 Å². The third kappa shape index (κ3) is 6.79. The van der Waals surface area contributed by atoms with Crippen molar-refractivity contribution in [3.8, 4) is 0 Å². The highest BCUT2D eigenvalue weighted by molar-refractivity contribution is 5.98. The molecular formula is C13H24N2O4. The topological polar surface area (TPSA) is 84.5 Å². The van der Waals surface area contributed by atoms with Gasteiger partial charge in [-0.3, -0.25) is 14.4 Å². The fraction of sp³-hybridized carbons (Fsp3) is 0.769. The fourth-order valence-corrected chi connectivity index (χ4v) is 1.61. The molecule has 1 atom stereocenters. The molecule has 0 bridgehead atoms. The third-order valence-electron chi connectivity index (χ3n) is 2.45. The van der Waals surface area contributed by atoms with Crippen LogP contribution in [0, 0.1) is 11.3 Å². The predicted molar refractivity (Wildman–Crippen MR) is 71.3 cm³/mol. The van der Waals surface area contributed by atoms with Crippen LogP contribution in [0.25, 0.3) is 0 Å². The van der Waals surface area contributed by atoms with Crippen LogP contribution in [0.5, 0.6) is 0 Å². The Kier molecular flexibility index (Phi) is 7.11. The molecule has 0 aromatic carbocycles. The van der Waals surface area contributed by atoms with E-state index in [0.29, 0.717) is 6.54 Å². The van der Waals surface area contributed by atoms with Gasteiger partial charge >= 0.3 is 5.97 Å².